The van der Waals surface area contributed by atoms with E-state index in [4.69, 9.17) is 0 Å². The summed E-state index contributed by atoms with van der Waals surface area (Å²) in [5.74, 6) is 0. The van der Waals surface area contributed by atoms with Crippen molar-refractivity contribution in [3.63, 3.8) is 0 Å². The van der Waals surface area contributed by atoms with E-state index in [9.17, 15) is 0 Å². The average molecular weight is 198 g/mol. The quantitative estimate of drug-likeness (QED) is 0.641. The molecule has 0 amide bonds. The Morgan fingerprint density at radius 3 is 2.57 bits per heavy atom. The highest BCUT2D eigenvalue weighted by Crippen LogP contribution is 2.27. The molecule has 1 atom stereocenters. The first-order valence-corrected chi connectivity index (χ1v) is 6.81. The zero-order valence-electron chi connectivity index (χ0n) is 8.40. The van der Waals surface area contributed by atoms with Crippen molar-refractivity contribution in [2.45, 2.75) is 6.92 Å². The van der Waals surface area contributed by atoms with Crippen LogP contribution < -0.4 is 0 Å². The number of allylic oxidation sites excluding steroid dienone is 2. The van der Waals surface area contributed by atoms with Gasteiger partial charge in [-0.05, 0) is 17.7 Å². The van der Waals surface area contributed by atoms with Crippen molar-refractivity contribution >= 4 is 14.0 Å². The molecule has 0 bridgehead atoms. The summed E-state index contributed by atoms with van der Waals surface area (Å²) in [5, 5.41) is 1.53. The van der Waals surface area contributed by atoms with Crippen molar-refractivity contribution in [3.8, 4) is 0 Å². The van der Waals surface area contributed by atoms with Gasteiger partial charge in [-0.15, -0.1) is 6.58 Å². The van der Waals surface area contributed by atoms with E-state index in [0.29, 0.717) is 0 Å². The molecule has 70 valence electrons. The highest BCUT2D eigenvalue weighted by atomic mass is 28.3. The van der Waals surface area contributed by atoms with E-state index < -0.39 is 8.80 Å². The minimum absolute atomic E-state index is 0.997. The van der Waals surface area contributed by atoms with Crippen LogP contribution in [-0.4, -0.2) is 8.80 Å². The Balaban J connectivity index is 2.45. The molecule has 14 heavy (non-hydrogen) atoms. The summed E-state index contributed by atoms with van der Waals surface area (Å²) in [6, 6.07) is 10.6. The standard InChI is InChI=1S/C13H14Si/c1-3-14-10-9-11(2)13(14)12-7-5-4-6-8-12/h3-10,14H,1H2,2H3. The van der Waals surface area contributed by atoms with Crippen molar-refractivity contribution in [1.82, 2.24) is 0 Å². The van der Waals surface area contributed by atoms with Gasteiger partial charge in [0.15, 0.2) is 0 Å². The fourth-order valence-corrected chi connectivity index (χ4v) is 4.21. The molecule has 0 spiro atoms. The van der Waals surface area contributed by atoms with Crippen LogP contribution in [0.1, 0.15) is 12.5 Å². The third-order valence-electron chi connectivity index (χ3n) is 2.65. The smallest absolute Gasteiger partial charge is 0.107 e. The maximum atomic E-state index is 3.93. The molecule has 0 fully saturated rings. The van der Waals surface area contributed by atoms with Gasteiger partial charge in [0, 0.05) is 0 Å². The third kappa shape index (κ3) is 1.51. The Kier molecular flexibility index (Phi) is 2.51. The highest BCUT2D eigenvalue weighted by Gasteiger charge is 2.17. The summed E-state index contributed by atoms with van der Waals surface area (Å²) in [6.45, 7) is 6.12. The van der Waals surface area contributed by atoms with Gasteiger partial charge in [-0.2, -0.15) is 0 Å². The maximum absolute atomic E-state index is 3.93. The zero-order valence-corrected chi connectivity index (χ0v) is 9.56. The van der Waals surface area contributed by atoms with E-state index in [1.165, 1.54) is 16.3 Å². The first kappa shape index (κ1) is 9.22. The molecule has 1 aromatic carbocycles. The average Bonchev–Trinajstić information content (AvgIpc) is 2.61. The molecule has 1 heterocycles. The molecule has 1 aliphatic rings. The Labute approximate surface area is 86.9 Å². The summed E-state index contributed by atoms with van der Waals surface area (Å²) in [5.41, 5.74) is 7.25. The number of benzene rings is 1. The third-order valence-corrected chi connectivity index (χ3v) is 5.22. The minimum atomic E-state index is -0.997. The van der Waals surface area contributed by atoms with Gasteiger partial charge in [-0.3, -0.25) is 0 Å². The van der Waals surface area contributed by atoms with Crippen LogP contribution in [-0.2, 0) is 0 Å². The second-order valence-electron chi connectivity index (χ2n) is 3.58. The monoisotopic (exact) mass is 198 g/mol. The van der Waals surface area contributed by atoms with E-state index in [1.807, 2.05) is 0 Å². The summed E-state index contributed by atoms with van der Waals surface area (Å²) < 4.78 is 0. The van der Waals surface area contributed by atoms with Gasteiger partial charge in [0.25, 0.3) is 0 Å². The molecular weight excluding hydrogens is 184 g/mol. The van der Waals surface area contributed by atoms with Gasteiger partial charge < -0.3 is 0 Å². The zero-order chi connectivity index (χ0) is 9.97. The Hall–Kier alpha value is -1.34. The van der Waals surface area contributed by atoms with Gasteiger partial charge >= 0.3 is 0 Å². The summed E-state index contributed by atoms with van der Waals surface area (Å²) in [4.78, 5) is 0. The lowest BCUT2D eigenvalue weighted by Gasteiger charge is -2.09. The summed E-state index contributed by atoms with van der Waals surface area (Å²) in [7, 11) is -0.997. The first-order valence-electron chi connectivity index (χ1n) is 4.90. The highest BCUT2D eigenvalue weighted by molar-refractivity contribution is 6.88. The predicted molar refractivity (Wildman–Crippen MR) is 65.5 cm³/mol. The van der Waals surface area contributed by atoms with E-state index >= 15 is 0 Å². The van der Waals surface area contributed by atoms with Crippen molar-refractivity contribution in [2.75, 3.05) is 0 Å². The summed E-state index contributed by atoms with van der Waals surface area (Å²) in [6.07, 6.45) is 2.24. The lowest BCUT2D eigenvalue weighted by atomic mass is 10.1. The molecule has 1 aliphatic heterocycles. The normalized spacial score (nSPS) is 20.2. The molecule has 0 N–H and O–H groups in total. The molecule has 1 aromatic rings. The van der Waals surface area contributed by atoms with Gasteiger partial charge in [0.1, 0.15) is 8.80 Å². The van der Waals surface area contributed by atoms with Crippen LogP contribution >= 0.6 is 0 Å². The largest absolute Gasteiger partial charge is 0.118 e. The molecular formula is C13H14Si. The molecule has 0 aromatic heterocycles. The van der Waals surface area contributed by atoms with Crippen LogP contribution in [0.2, 0.25) is 0 Å². The Bertz CT molecular complexity index is 399. The minimum Gasteiger partial charge on any atom is -0.107 e. The molecule has 0 radical (unpaired) electrons. The Morgan fingerprint density at radius 1 is 1.21 bits per heavy atom. The second-order valence-corrected chi connectivity index (χ2v) is 6.07. The topological polar surface area (TPSA) is 0 Å². The fourth-order valence-electron chi connectivity index (χ4n) is 1.93. The molecule has 0 saturated heterocycles. The van der Waals surface area contributed by atoms with Crippen molar-refractivity contribution in [1.29, 1.82) is 0 Å². The van der Waals surface area contributed by atoms with Gasteiger partial charge in [0.05, 0.1) is 0 Å². The van der Waals surface area contributed by atoms with Gasteiger partial charge in [-0.1, -0.05) is 53.4 Å². The van der Waals surface area contributed by atoms with Gasteiger partial charge in [-0.25, -0.2) is 0 Å². The number of hydrogen-bond acceptors (Lipinski definition) is 0. The van der Waals surface area contributed by atoms with Crippen LogP contribution in [0.3, 0.4) is 0 Å². The molecule has 0 aliphatic carbocycles. The fraction of sp³-hybridized carbons (Fsp3) is 0.0769. The molecule has 0 nitrogen and oxygen atoms in total. The van der Waals surface area contributed by atoms with Crippen LogP contribution in [0.4, 0.5) is 0 Å². The van der Waals surface area contributed by atoms with E-state index in [1.54, 1.807) is 0 Å². The first-order chi connectivity index (χ1) is 6.83. The lowest BCUT2D eigenvalue weighted by molar-refractivity contribution is 1.54. The van der Waals surface area contributed by atoms with Crippen molar-refractivity contribution < 1.29 is 0 Å². The molecule has 1 heteroatoms. The lowest BCUT2D eigenvalue weighted by Crippen LogP contribution is -2.06. The van der Waals surface area contributed by atoms with Crippen molar-refractivity contribution in [2.24, 2.45) is 0 Å². The van der Waals surface area contributed by atoms with Crippen LogP contribution in [0, 0.1) is 0 Å². The van der Waals surface area contributed by atoms with Gasteiger partial charge in [0.2, 0.25) is 0 Å². The van der Waals surface area contributed by atoms with Crippen LogP contribution in [0.5, 0.6) is 0 Å². The van der Waals surface area contributed by atoms with E-state index in [0.717, 1.165) is 0 Å². The van der Waals surface area contributed by atoms with Crippen LogP contribution in [0.15, 0.2) is 60.0 Å². The Morgan fingerprint density at radius 2 is 1.93 bits per heavy atom. The SMILES string of the molecule is C=C[SiH]1C=CC(C)=C1c1ccccc1. The molecule has 1 unspecified atom stereocenters. The summed E-state index contributed by atoms with van der Waals surface area (Å²) >= 11 is 0. The number of rotatable bonds is 2. The van der Waals surface area contributed by atoms with Crippen molar-refractivity contribution in [3.05, 3.63) is 65.5 Å². The molecule has 2 rings (SSSR count). The second kappa shape index (κ2) is 3.80. The van der Waals surface area contributed by atoms with E-state index in [2.05, 4.69) is 61.3 Å². The maximum Gasteiger partial charge on any atom is 0.118 e. The van der Waals surface area contributed by atoms with Crippen LogP contribution in [0.25, 0.3) is 5.20 Å². The predicted octanol–water partition coefficient (Wildman–Crippen LogP) is 3.06. The molecule has 0 saturated carbocycles. The number of hydrogen-bond donors (Lipinski definition) is 0. The van der Waals surface area contributed by atoms with E-state index in [-0.39, 0.29) is 0 Å².